The van der Waals surface area contributed by atoms with E-state index < -0.39 is 0 Å². The Morgan fingerprint density at radius 2 is 1.07 bits per heavy atom. The van der Waals surface area contributed by atoms with Gasteiger partial charge in [-0.1, -0.05) is 27.7 Å². The van der Waals surface area contributed by atoms with Gasteiger partial charge in [-0.15, -0.1) is 0 Å². The van der Waals surface area contributed by atoms with Crippen LogP contribution in [0.1, 0.15) is 41.5 Å². The Morgan fingerprint density at radius 3 is 1.21 bits per heavy atom. The van der Waals surface area contributed by atoms with Gasteiger partial charge < -0.3 is 4.48 Å². The molecule has 0 aliphatic heterocycles. The summed E-state index contributed by atoms with van der Waals surface area (Å²) in [5.41, 5.74) is 0. The fraction of sp³-hybridized carbons (Fsp3) is 1.00. The van der Waals surface area contributed by atoms with Gasteiger partial charge in [-0.2, -0.15) is 0 Å². The van der Waals surface area contributed by atoms with Gasteiger partial charge in [0.05, 0.1) is 26.2 Å². The summed E-state index contributed by atoms with van der Waals surface area (Å²) in [5, 5.41) is 0. The molecule has 0 fully saturated rings. The van der Waals surface area contributed by atoms with Crippen LogP contribution in [0.15, 0.2) is 0 Å². The molecule has 1 nitrogen and oxygen atoms in total. The minimum absolute atomic E-state index is 0. The third-order valence-electron chi connectivity index (χ3n) is 2.85. The Hall–Kier alpha value is 0.674. The molecule has 14 heavy (non-hydrogen) atoms. The largest absolute Gasteiger partial charge is 0.324 e. The number of hydrogen-bond acceptors (Lipinski definition) is 0. The molecule has 0 saturated carbocycles. The summed E-state index contributed by atoms with van der Waals surface area (Å²) < 4.78 is 1.30. The molecule has 2 heteroatoms. The molecular weight excluding hydrogens is 206 g/mol. The van der Waals surface area contributed by atoms with E-state index in [2.05, 4.69) is 41.5 Å². The molecule has 0 aliphatic rings. The summed E-state index contributed by atoms with van der Waals surface area (Å²) >= 11 is 0. The molecule has 0 aliphatic carbocycles. The number of nitrogens with zero attached hydrogens (tertiary/aromatic N) is 1. The first-order chi connectivity index (χ1) is 5.95. The zero-order valence-electron chi connectivity index (χ0n) is 10.9. The van der Waals surface area contributed by atoms with Crippen LogP contribution in [-0.4, -0.2) is 30.7 Å². The van der Waals surface area contributed by atoms with E-state index in [1.165, 1.54) is 30.7 Å². The molecule has 0 aromatic rings. The fourth-order valence-electron chi connectivity index (χ4n) is 2.36. The second-order valence-electron chi connectivity index (χ2n) is 5.13. The molecule has 0 bridgehead atoms. The Bertz CT molecular complexity index is 116. The minimum Gasteiger partial charge on any atom is -0.324 e. The predicted octanol–water partition coefficient (Wildman–Crippen LogP) is 3.15. The van der Waals surface area contributed by atoms with Crippen molar-refractivity contribution in [3.8, 4) is 0 Å². The molecule has 0 aromatic heterocycles. The van der Waals surface area contributed by atoms with Crippen LogP contribution in [-0.2, 0) is 21.7 Å². The monoisotopic (exact) mass is 234 g/mol. The Labute approximate surface area is 106 Å². The van der Waals surface area contributed by atoms with Crippen molar-refractivity contribution in [1.82, 2.24) is 0 Å². The SMILES string of the molecule is CC[N+](CC)(CC(C)C)CC(C)C.[Ti]. The Kier molecular flexibility index (Phi) is 9.64. The molecule has 0 amide bonds. The van der Waals surface area contributed by atoms with Crippen molar-refractivity contribution in [2.75, 3.05) is 26.2 Å². The second kappa shape index (κ2) is 7.90. The molecule has 0 unspecified atom stereocenters. The van der Waals surface area contributed by atoms with Gasteiger partial charge >= 0.3 is 0 Å². The molecule has 0 atom stereocenters. The second-order valence-corrected chi connectivity index (χ2v) is 5.13. The van der Waals surface area contributed by atoms with Crippen molar-refractivity contribution in [1.29, 1.82) is 0 Å². The summed E-state index contributed by atoms with van der Waals surface area (Å²) in [6, 6.07) is 0. The van der Waals surface area contributed by atoms with Gasteiger partial charge in [-0.3, -0.25) is 0 Å². The van der Waals surface area contributed by atoms with Crippen LogP contribution < -0.4 is 0 Å². The molecule has 0 aromatic carbocycles. The quantitative estimate of drug-likeness (QED) is 0.489. The Balaban J connectivity index is 0. The first kappa shape index (κ1) is 17.1. The first-order valence-corrected chi connectivity index (χ1v) is 5.81. The van der Waals surface area contributed by atoms with Crippen LogP contribution >= 0.6 is 0 Å². The van der Waals surface area contributed by atoms with Crippen molar-refractivity contribution >= 4 is 0 Å². The minimum atomic E-state index is 0. The standard InChI is InChI=1S/C12H28N.Ti/c1-7-13(8-2,9-11(3)4)10-12(5)6;/h11-12H,7-10H2,1-6H3;/q+1;. The van der Waals surface area contributed by atoms with E-state index in [1.807, 2.05) is 0 Å². The summed E-state index contributed by atoms with van der Waals surface area (Å²) in [7, 11) is 0. The smallest absolute Gasteiger partial charge is 0.0809 e. The van der Waals surface area contributed by atoms with Gasteiger partial charge in [0.15, 0.2) is 0 Å². The maximum absolute atomic E-state index is 2.33. The van der Waals surface area contributed by atoms with Gasteiger partial charge in [0.1, 0.15) is 0 Å². The van der Waals surface area contributed by atoms with Crippen LogP contribution in [0, 0.1) is 11.8 Å². The van der Waals surface area contributed by atoms with Gasteiger partial charge in [0, 0.05) is 33.6 Å². The van der Waals surface area contributed by atoms with E-state index in [1.54, 1.807) is 0 Å². The maximum atomic E-state index is 2.33. The molecule has 0 spiro atoms. The predicted molar refractivity (Wildman–Crippen MR) is 60.8 cm³/mol. The maximum Gasteiger partial charge on any atom is 0.0809 e. The van der Waals surface area contributed by atoms with E-state index in [0.29, 0.717) is 0 Å². The Morgan fingerprint density at radius 1 is 0.786 bits per heavy atom. The average molecular weight is 234 g/mol. The van der Waals surface area contributed by atoms with Gasteiger partial charge in [-0.05, 0) is 13.8 Å². The zero-order chi connectivity index (χ0) is 10.5. The van der Waals surface area contributed by atoms with Gasteiger partial charge in [0.2, 0.25) is 0 Å². The topological polar surface area (TPSA) is 0 Å². The van der Waals surface area contributed by atoms with Crippen LogP contribution in [0.4, 0.5) is 0 Å². The van der Waals surface area contributed by atoms with E-state index in [-0.39, 0.29) is 21.7 Å². The van der Waals surface area contributed by atoms with Crippen LogP contribution in [0.2, 0.25) is 0 Å². The molecule has 0 radical (unpaired) electrons. The molecule has 0 saturated heterocycles. The summed E-state index contributed by atoms with van der Waals surface area (Å²) in [5.74, 6) is 1.64. The van der Waals surface area contributed by atoms with E-state index >= 15 is 0 Å². The van der Waals surface area contributed by atoms with Crippen molar-refractivity contribution in [2.24, 2.45) is 11.8 Å². The zero-order valence-corrected chi connectivity index (χ0v) is 12.5. The van der Waals surface area contributed by atoms with Crippen LogP contribution in [0.5, 0.6) is 0 Å². The third kappa shape index (κ3) is 6.21. The number of rotatable bonds is 6. The summed E-state index contributed by atoms with van der Waals surface area (Å²) in [6.07, 6.45) is 0. The van der Waals surface area contributed by atoms with E-state index in [4.69, 9.17) is 0 Å². The fourth-order valence-corrected chi connectivity index (χ4v) is 2.36. The number of quaternary nitrogens is 1. The summed E-state index contributed by atoms with van der Waals surface area (Å²) in [6.45, 7) is 19.2. The van der Waals surface area contributed by atoms with Crippen molar-refractivity contribution in [2.45, 2.75) is 41.5 Å². The molecule has 0 N–H and O–H groups in total. The first-order valence-electron chi connectivity index (χ1n) is 5.81. The normalized spacial score (nSPS) is 12.0. The molecular formula is C12H28NTi+. The van der Waals surface area contributed by atoms with Crippen LogP contribution in [0.25, 0.3) is 0 Å². The third-order valence-corrected chi connectivity index (χ3v) is 2.85. The molecule has 84 valence electrons. The van der Waals surface area contributed by atoms with Gasteiger partial charge in [-0.25, -0.2) is 0 Å². The van der Waals surface area contributed by atoms with E-state index in [0.717, 1.165) is 11.8 Å². The van der Waals surface area contributed by atoms with Crippen LogP contribution in [0.3, 0.4) is 0 Å². The molecule has 0 rings (SSSR count). The van der Waals surface area contributed by atoms with Crippen molar-refractivity contribution < 1.29 is 26.2 Å². The van der Waals surface area contributed by atoms with Gasteiger partial charge in [0.25, 0.3) is 0 Å². The van der Waals surface area contributed by atoms with Crippen molar-refractivity contribution in [3.63, 3.8) is 0 Å². The molecule has 0 heterocycles. The van der Waals surface area contributed by atoms with Crippen molar-refractivity contribution in [3.05, 3.63) is 0 Å². The van der Waals surface area contributed by atoms with E-state index in [9.17, 15) is 0 Å². The summed E-state index contributed by atoms with van der Waals surface area (Å²) in [4.78, 5) is 0. The average Bonchev–Trinajstić information content (AvgIpc) is 2.01. The number of hydrogen-bond donors (Lipinski definition) is 0.